The maximum Gasteiger partial charge on any atom is 0.332 e. The summed E-state index contributed by atoms with van der Waals surface area (Å²) in [6.45, 7) is 4.19. The van der Waals surface area contributed by atoms with Crippen molar-refractivity contribution < 1.29 is 14.6 Å². The van der Waals surface area contributed by atoms with Crippen molar-refractivity contribution in [2.24, 2.45) is 0 Å². The Bertz CT molecular complexity index is 536. The standard InChI is InChI=1S/C25H38O3/c1-3-4-5-6-7-8-9-10-11-12-13-14-15-16-17-18-19-20-21-22-23-28-24(2)25(26)27/h4-5,7-8,10-11,13-14,16-17,19-20,24H,3,6,9,12,15,18,21-23H2,1-2H3,(H,26,27)/b5-4-,8-7-,11-10-,14-13-,17-16-,20-19-. The molecule has 0 aromatic carbocycles. The molecule has 156 valence electrons. The summed E-state index contributed by atoms with van der Waals surface area (Å²) >= 11 is 0. The number of unbranched alkanes of at least 4 members (excludes halogenated alkanes) is 1. The molecule has 3 nitrogen and oxygen atoms in total. The Morgan fingerprint density at radius 2 is 1.14 bits per heavy atom. The van der Waals surface area contributed by atoms with Gasteiger partial charge in [-0.1, -0.05) is 79.8 Å². The lowest BCUT2D eigenvalue weighted by Gasteiger charge is -2.06. The molecular formula is C25H38O3. The van der Waals surface area contributed by atoms with Crippen LogP contribution in [-0.2, 0) is 9.53 Å². The second-order valence-electron chi connectivity index (χ2n) is 6.41. The molecule has 0 saturated carbocycles. The lowest BCUT2D eigenvalue weighted by molar-refractivity contribution is -0.149. The number of hydrogen-bond donors (Lipinski definition) is 1. The van der Waals surface area contributed by atoms with Crippen LogP contribution < -0.4 is 0 Å². The van der Waals surface area contributed by atoms with Gasteiger partial charge in [0.2, 0.25) is 0 Å². The first kappa shape index (κ1) is 25.9. The number of allylic oxidation sites excluding steroid dienone is 12. The van der Waals surface area contributed by atoms with Crippen molar-refractivity contribution in [3.63, 3.8) is 0 Å². The maximum atomic E-state index is 10.6. The normalized spacial score (nSPS) is 14.1. The first-order chi connectivity index (χ1) is 13.7. The van der Waals surface area contributed by atoms with Gasteiger partial charge in [-0.15, -0.1) is 0 Å². The first-order valence-electron chi connectivity index (χ1n) is 10.4. The van der Waals surface area contributed by atoms with Crippen LogP contribution in [0.4, 0.5) is 0 Å². The van der Waals surface area contributed by atoms with Crippen LogP contribution in [-0.4, -0.2) is 23.8 Å². The summed E-state index contributed by atoms with van der Waals surface area (Å²) in [5, 5.41) is 8.69. The predicted molar refractivity (Wildman–Crippen MR) is 120 cm³/mol. The van der Waals surface area contributed by atoms with E-state index in [1.807, 2.05) is 0 Å². The molecule has 3 heteroatoms. The zero-order valence-electron chi connectivity index (χ0n) is 17.6. The quantitative estimate of drug-likeness (QED) is 0.217. The van der Waals surface area contributed by atoms with Gasteiger partial charge in [-0.3, -0.25) is 0 Å². The van der Waals surface area contributed by atoms with Crippen LogP contribution in [0.1, 0.15) is 65.2 Å². The molecule has 0 fully saturated rings. The van der Waals surface area contributed by atoms with E-state index in [9.17, 15) is 4.79 Å². The predicted octanol–water partition coefficient (Wildman–Crippen LogP) is 6.95. The van der Waals surface area contributed by atoms with E-state index < -0.39 is 12.1 Å². The second-order valence-corrected chi connectivity index (χ2v) is 6.41. The highest BCUT2D eigenvalue weighted by Crippen LogP contribution is 1.99. The van der Waals surface area contributed by atoms with Crippen LogP contribution in [0.2, 0.25) is 0 Å². The molecule has 0 aromatic heterocycles. The monoisotopic (exact) mass is 386 g/mol. The zero-order valence-corrected chi connectivity index (χ0v) is 17.6. The van der Waals surface area contributed by atoms with Crippen molar-refractivity contribution in [1.29, 1.82) is 0 Å². The highest BCUT2D eigenvalue weighted by Gasteiger charge is 2.09. The van der Waals surface area contributed by atoms with Gasteiger partial charge in [0.1, 0.15) is 0 Å². The molecule has 0 amide bonds. The molecule has 0 bridgehead atoms. The van der Waals surface area contributed by atoms with Gasteiger partial charge in [-0.25, -0.2) is 4.79 Å². The zero-order chi connectivity index (χ0) is 20.7. The van der Waals surface area contributed by atoms with Gasteiger partial charge in [0, 0.05) is 6.61 Å². The first-order valence-corrected chi connectivity index (χ1v) is 10.4. The molecule has 0 aliphatic carbocycles. The number of hydrogen-bond acceptors (Lipinski definition) is 2. The molecule has 1 unspecified atom stereocenters. The molecule has 0 aliphatic rings. The highest BCUT2D eigenvalue weighted by atomic mass is 16.5. The minimum atomic E-state index is -0.908. The molecule has 0 radical (unpaired) electrons. The van der Waals surface area contributed by atoms with E-state index >= 15 is 0 Å². The molecule has 1 atom stereocenters. The maximum absolute atomic E-state index is 10.6. The van der Waals surface area contributed by atoms with Crippen molar-refractivity contribution in [3.05, 3.63) is 72.9 Å². The molecular weight excluding hydrogens is 348 g/mol. The smallest absolute Gasteiger partial charge is 0.332 e. The third kappa shape index (κ3) is 20.2. The minimum absolute atomic E-state index is 0.486. The van der Waals surface area contributed by atoms with E-state index in [2.05, 4.69) is 79.8 Å². The molecule has 0 spiro atoms. The molecule has 0 heterocycles. The second kappa shape index (κ2) is 21.2. The number of carboxylic acid groups (broad SMARTS) is 1. The van der Waals surface area contributed by atoms with Crippen LogP contribution in [0.5, 0.6) is 0 Å². The Balaban J connectivity index is 3.52. The third-order valence-corrected chi connectivity index (χ3v) is 3.83. The van der Waals surface area contributed by atoms with Crippen molar-refractivity contribution >= 4 is 5.97 Å². The van der Waals surface area contributed by atoms with Crippen molar-refractivity contribution in [1.82, 2.24) is 0 Å². The number of carbonyl (C=O) groups is 1. The van der Waals surface area contributed by atoms with E-state index in [0.717, 1.165) is 51.4 Å². The molecule has 0 aliphatic heterocycles. The summed E-state index contributed by atoms with van der Waals surface area (Å²) in [7, 11) is 0. The van der Waals surface area contributed by atoms with Crippen LogP contribution >= 0.6 is 0 Å². The third-order valence-electron chi connectivity index (χ3n) is 3.83. The number of carboxylic acids is 1. The summed E-state index contributed by atoms with van der Waals surface area (Å²) in [4.78, 5) is 10.6. The fraction of sp³-hybridized carbons (Fsp3) is 0.480. The fourth-order valence-electron chi connectivity index (χ4n) is 2.17. The average Bonchev–Trinajstić information content (AvgIpc) is 2.68. The van der Waals surface area contributed by atoms with Gasteiger partial charge >= 0.3 is 5.97 Å². The van der Waals surface area contributed by atoms with Gasteiger partial charge in [-0.05, 0) is 58.3 Å². The highest BCUT2D eigenvalue weighted by molar-refractivity contribution is 5.71. The minimum Gasteiger partial charge on any atom is -0.479 e. The van der Waals surface area contributed by atoms with Gasteiger partial charge in [0.15, 0.2) is 6.10 Å². The Hall–Kier alpha value is -2.13. The topological polar surface area (TPSA) is 46.5 Å². The molecule has 0 rings (SSSR count). The number of rotatable bonds is 17. The van der Waals surface area contributed by atoms with Gasteiger partial charge in [-0.2, -0.15) is 0 Å². The van der Waals surface area contributed by atoms with E-state index in [1.54, 1.807) is 6.92 Å². The van der Waals surface area contributed by atoms with Gasteiger partial charge in [0.25, 0.3) is 0 Å². The van der Waals surface area contributed by atoms with Crippen LogP contribution in [0.15, 0.2) is 72.9 Å². The Kier molecular flexibility index (Phi) is 19.6. The molecule has 28 heavy (non-hydrogen) atoms. The summed E-state index contributed by atoms with van der Waals surface area (Å²) in [6.07, 6.45) is 33.3. The van der Waals surface area contributed by atoms with Crippen molar-refractivity contribution in [3.8, 4) is 0 Å². The lowest BCUT2D eigenvalue weighted by atomic mass is 10.2. The van der Waals surface area contributed by atoms with Gasteiger partial charge in [0.05, 0.1) is 0 Å². The number of ether oxygens (including phenoxy) is 1. The summed E-state index contributed by atoms with van der Waals surface area (Å²) in [5.74, 6) is -0.908. The summed E-state index contributed by atoms with van der Waals surface area (Å²) < 4.78 is 5.17. The van der Waals surface area contributed by atoms with Crippen molar-refractivity contribution in [2.45, 2.75) is 71.3 Å². The molecule has 1 N–H and O–H groups in total. The number of aliphatic carboxylic acids is 1. The summed E-state index contributed by atoms with van der Waals surface area (Å²) in [5.41, 5.74) is 0. The van der Waals surface area contributed by atoms with Gasteiger partial charge < -0.3 is 9.84 Å². The van der Waals surface area contributed by atoms with Crippen LogP contribution in [0.3, 0.4) is 0 Å². The van der Waals surface area contributed by atoms with Crippen molar-refractivity contribution in [2.75, 3.05) is 6.61 Å². The largest absolute Gasteiger partial charge is 0.479 e. The Labute approximate surface area is 171 Å². The Morgan fingerprint density at radius 1 is 0.750 bits per heavy atom. The van der Waals surface area contributed by atoms with E-state index in [-0.39, 0.29) is 0 Å². The van der Waals surface area contributed by atoms with E-state index in [4.69, 9.17) is 9.84 Å². The average molecular weight is 387 g/mol. The van der Waals surface area contributed by atoms with E-state index in [0.29, 0.717) is 6.61 Å². The Morgan fingerprint density at radius 3 is 1.54 bits per heavy atom. The summed E-state index contributed by atoms with van der Waals surface area (Å²) in [6, 6.07) is 0. The van der Waals surface area contributed by atoms with Crippen LogP contribution in [0.25, 0.3) is 0 Å². The lowest BCUT2D eigenvalue weighted by Crippen LogP contribution is -2.20. The molecule has 0 aromatic rings. The van der Waals surface area contributed by atoms with Crippen LogP contribution in [0, 0.1) is 0 Å². The molecule has 0 saturated heterocycles. The fourth-order valence-corrected chi connectivity index (χ4v) is 2.17. The van der Waals surface area contributed by atoms with E-state index in [1.165, 1.54) is 0 Å². The SMILES string of the molecule is CC/C=C\C/C=C\C/C=C\C/C=C\C/C=C\C/C=C\CCCOC(C)C(=O)O.